The van der Waals surface area contributed by atoms with Gasteiger partial charge >= 0.3 is 0 Å². The lowest BCUT2D eigenvalue weighted by Gasteiger charge is -2.36. The van der Waals surface area contributed by atoms with E-state index in [1.807, 2.05) is 0 Å². The van der Waals surface area contributed by atoms with E-state index in [-0.39, 0.29) is 35.3 Å². The lowest BCUT2D eigenvalue weighted by molar-refractivity contribution is -0.0174. The van der Waals surface area contributed by atoms with Crippen molar-refractivity contribution >= 4 is 23.1 Å². The number of carbonyl (C=O) groups excluding carboxylic acids is 1. The monoisotopic (exact) mass is 550 g/mol. The molecule has 5 rings (SSSR count). The van der Waals surface area contributed by atoms with Crippen LogP contribution in [0.4, 0.5) is 29.1 Å². The first-order valence-electron chi connectivity index (χ1n) is 13.5. The smallest absolute Gasteiger partial charge is 0.284 e. The van der Waals surface area contributed by atoms with Gasteiger partial charge in [0.1, 0.15) is 11.4 Å². The third kappa shape index (κ3) is 5.73. The van der Waals surface area contributed by atoms with Crippen LogP contribution in [0.2, 0.25) is 0 Å². The molecule has 1 saturated heterocycles. The molecule has 1 aliphatic carbocycles. The lowest BCUT2D eigenvalue weighted by atomic mass is 9.78. The van der Waals surface area contributed by atoms with Crippen molar-refractivity contribution in [3.8, 4) is 0 Å². The van der Waals surface area contributed by atoms with Crippen LogP contribution in [0.15, 0.2) is 24.7 Å². The number of halogens is 4. The van der Waals surface area contributed by atoms with Gasteiger partial charge in [0, 0.05) is 31.4 Å². The number of alkyl halides is 4. The van der Waals surface area contributed by atoms with Crippen LogP contribution in [0, 0.1) is 11.8 Å². The number of nitrogens with two attached hydrogens (primary N) is 1. The molecule has 1 saturated carbocycles. The molecule has 13 heteroatoms. The minimum absolute atomic E-state index is 0.0105. The molecule has 4 heterocycles. The van der Waals surface area contributed by atoms with Crippen LogP contribution in [-0.4, -0.2) is 55.3 Å². The van der Waals surface area contributed by atoms with Gasteiger partial charge in [-0.2, -0.15) is 10.2 Å². The maximum atomic E-state index is 14.1. The Morgan fingerprint density at radius 3 is 2.67 bits per heavy atom. The molecule has 2 fully saturated rings. The van der Waals surface area contributed by atoms with Crippen molar-refractivity contribution in [2.75, 3.05) is 23.3 Å². The Hall–Kier alpha value is -3.22. The van der Waals surface area contributed by atoms with Gasteiger partial charge in [-0.3, -0.25) is 9.48 Å². The molecule has 9 nitrogen and oxygen atoms in total. The first-order chi connectivity index (χ1) is 18.5. The van der Waals surface area contributed by atoms with Crippen LogP contribution in [0.1, 0.15) is 80.9 Å². The number of hydrogen-bond acceptors (Lipinski definition) is 6. The molecule has 1 unspecified atom stereocenters. The van der Waals surface area contributed by atoms with Gasteiger partial charge in [-0.1, -0.05) is 20.3 Å². The Morgan fingerprint density at radius 1 is 1.26 bits per heavy atom. The maximum absolute atomic E-state index is 14.1. The van der Waals surface area contributed by atoms with Gasteiger partial charge in [0.2, 0.25) is 0 Å². The number of fused-ring (bicyclic) bond motifs is 1. The minimum Gasteiger partial charge on any atom is -0.349 e. The third-order valence-electron chi connectivity index (χ3n) is 8.14. The van der Waals surface area contributed by atoms with E-state index in [9.17, 15) is 22.4 Å². The second-order valence-electron chi connectivity index (χ2n) is 10.9. The van der Waals surface area contributed by atoms with Gasteiger partial charge in [0.25, 0.3) is 18.3 Å². The van der Waals surface area contributed by atoms with E-state index in [1.54, 1.807) is 4.68 Å². The zero-order chi connectivity index (χ0) is 27.9. The van der Waals surface area contributed by atoms with E-state index in [0.29, 0.717) is 11.8 Å². The summed E-state index contributed by atoms with van der Waals surface area (Å²) >= 11 is 0. The second kappa shape index (κ2) is 10.7. The Bertz CT molecular complexity index is 1320. The number of anilines is 2. The molecule has 0 radical (unpaired) electrons. The van der Waals surface area contributed by atoms with E-state index in [0.717, 1.165) is 32.1 Å². The van der Waals surface area contributed by atoms with Crippen LogP contribution in [0.5, 0.6) is 0 Å². The minimum atomic E-state index is -2.97. The van der Waals surface area contributed by atoms with Crippen molar-refractivity contribution in [2.45, 2.75) is 76.8 Å². The van der Waals surface area contributed by atoms with E-state index in [2.05, 4.69) is 34.3 Å². The molecule has 3 aromatic heterocycles. The summed E-state index contributed by atoms with van der Waals surface area (Å²) in [6.45, 7) is 4.06. The van der Waals surface area contributed by atoms with Crippen molar-refractivity contribution < 1.29 is 22.4 Å². The molecule has 1 aliphatic heterocycles. The SMILES string of the molecule is CCC(C)[C@H]1CC[C@H](n2cc(NC(=O)c3cnn4ccc(N5C[C@H](N)CC(F)(F)C5)nc34)c(C(F)F)n2)CC1. The molecular weight excluding hydrogens is 516 g/mol. The molecular formula is C26H34F4N8O. The van der Waals surface area contributed by atoms with E-state index in [1.165, 1.54) is 34.1 Å². The summed E-state index contributed by atoms with van der Waals surface area (Å²) in [5.41, 5.74) is 5.38. The fourth-order valence-corrected chi connectivity index (χ4v) is 5.82. The molecule has 2 aliphatic rings. The zero-order valence-electron chi connectivity index (χ0n) is 22.0. The summed E-state index contributed by atoms with van der Waals surface area (Å²) in [4.78, 5) is 19.0. The molecule has 3 aromatic rings. The number of aromatic nitrogens is 5. The maximum Gasteiger partial charge on any atom is 0.284 e. The summed E-state index contributed by atoms with van der Waals surface area (Å²) < 4.78 is 58.9. The summed E-state index contributed by atoms with van der Waals surface area (Å²) in [5, 5.41) is 10.8. The average Bonchev–Trinajstić information content (AvgIpc) is 3.51. The van der Waals surface area contributed by atoms with Crippen LogP contribution >= 0.6 is 0 Å². The quantitative estimate of drug-likeness (QED) is 0.398. The fourth-order valence-electron chi connectivity index (χ4n) is 5.82. The predicted molar refractivity (Wildman–Crippen MR) is 138 cm³/mol. The lowest BCUT2D eigenvalue weighted by Crippen LogP contribution is -2.52. The largest absolute Gasteiger partial charge is 0.349 e. The van der Waals surface area contributed by atoms with Gasteiger partial charge < -0.3 is 16.0 Å². The number of rotatable bonds is 7. The highest BCUT2D eigenvalue weighted by molar-refractivity contribution is 6.08. The van der Waals surface area contributed by atoms with E-state index < -0.39 is 43.0 Å². The zero-order valence-corrected chi connectivity index (χ0v) is 22.0. The van der Waals surface area contributed by atoms with Crippen molar-refractivity contribution in [3.05, 3.63) is 35.9 Å². The first-order valence-corrected chi connectivity index (χ1v) is 13.5. The molecule has 212 valence electrons. The predicted octanol–water partition coefficient (Wildman–Crippen LogP) is 5.07. The Kier molecular flexibility index (Phi) is 7.53. The number of carbonyl (C=O) groups is 1. The Balaban J connectivity index is 1.36. The highest BCUT2D eigenvalue weighted by atomic mass is 19.3. The second-order valence-corrected chi connectivity index (χ2v) is 10.9. The van der Waals surface area contributed by atoms with Crippen molar-refractivity contribution in [2.24, 2.45) is 17.6 Å². The highest BCUT2D eigenvalue weighted by Crippen LogP contribution is 2.38. The van der Waals surface area contributed by atoms with Crippen molar-refractivity contribution in [3.63, 3.8) is 0 Å². The standard InChI is InChI=1S/C26H34F4N8O/c1-3-15(2)16-4-6-18(7-5-16)38-13-20(22(35-38)23(27)28)33-25(39)19-11-32-37-9-8-21(34-24(19)37)36-12-17(31)10-26(29,30)14-36/h8-9,11,13,15-18,23H,3-7,10,12,14,31H2,1-2H3,(H,33,39)/t15?,16-,17-,18-/m1/s1. The molecule has 39 heavy (non-hydrogen) atoms. The first kappa shape index (κ1) is 27.4. The molecule has 0 bridgehead atoms. The van der Waals surface area contributed by atoms with Crippen molar-refractivity contribution in [1.29, 1.82) is 0 Å². The number of piperidine rings is 1. The Morgan fingerprint density at radius 2 is 2.00 bits per heavy atom. The molecule has 0 aromatic carbocycles. The molecule has 2 atom stereocenters. The highest BCUT2D eigenvalue weighted by Gasteiger charge is 2.39. The van der Waals surface area contributed by atoms with Crippen molar-refractivity contribution in [1.82, 2.24) is 24.4 Å². The van der Waals surface area contributed by atoms with E-state index >= 15 is 0 Å². The average molecular weight is 551 g/mol. The van der Waals surface area contributed by atoms with Gasteiger partial charge in [-0.25, -0.2) is 27.1 Å². The van der Waals surface area contributed by atoms with Gasteiger partial charge in [-0.15, -0.1) is 0 Å². The number of amides is 1. The molecule has 0 spiro atoms. The summed E-state index contributed by atoms with van der Waals surface area (Å²) in [7, 11) is 0. The summed E-state index contributed by atoms with van der Waals surface area (Å²) in [6.07, 6.45) is 5.76. The summed E-state index contributed by atoms with van der Waals surface area (Å²) in [5.74, 6) is -2.20. The van der Waals surface area contributed by atoms with Crippen LogP contribution < -0.4 is 16.0 Å². The third-order valence-corrected chi connectivity index (χ3v) is 8.14. The van der Waals surface area contributed by atoms with Gasteiger partial charge in [-0.05, 0) is 43.6 Å². The topological polar surface area (TPSA) is 106 Å². The normalized spacial score (nSPS) is 24.3. The number of hydrogen-bond donors (Lipinski definition) is 2. The van der Waals surface area contributed by atoms with Gasteiger partial charge in [0.05, 0.1) is 24.5 Å². The number of nitrogens with one attached hydrogen (secondary N) is 1. The van der Waals surface area contributed by atoms with Crippen LogP contribution in [0.25, 0.3) is 5.65 Å². The van der Waals surface area contributed by atoms with Gasteiger partial charge in [0.15, 0.2) is 11.3 Å². The number of nitrogens with zero attached hydrogens (tertiary/aromatic N) is 6. The molecule has 1 amide bonds. The van der Waals surface area contributed by atoms with Crippen LogP contribution in [0.3, 0.4) is 0 Å². The Labute approximate surface area is 223 Å². The fraction of sp³-hybridized carbons (Fsp3) is 0.615. The van der Waals surface area contributed by atoms with E-state index in [4.69, 9.17) is 5.73 Å². The molecule has 3 N–H and O–H groups in total. The summed E-state index contributed by atoms with van der Waals surface area (Å²) in [6, 6.07) is 0.780. The van der Waals surface area contributed by atoms with Crippen LogP contribution in [-0.2, 0) is 0 Å².